The van der Waals surface area contributed by atoms with Gasteiger partial charge in [-0.1, -0.05) is 17.2 Å². The third-order valence-electron chi connectivity index (χ3n) is 1.65. The summed E-state index contributed by atoms with van der Waals surface area (Å²) in [6.45, 7) is 3.70. The SMILES string of the molecule is C/C(=C\CC/C(C)=C/C(=O)O)CO. The lowest BCUT2D eigenvalue weighted by molar-refractivity contribution is -0.131. The van der Waals surface area contributed by atoms with Gasteiger partial charge in [-0.2, -0.15) is 0 Å². The lowest BCUT2D eigenvalue weighted by Gasteiger charge is -1.97. The number of hydrogen-bond donors (Lipinski definition) is 2. The average molecular weight is 184 g/mol. The standard InChI is InChI=1S/C10H16O3/c1-8(6-10(12)13)4-3-5-9(2)7-11/h5-6,11H,3-4,7H2,1-2H3,(H,12,13)/b8-6+,9-5+. The van der Waals surface area contributed by atoms with Crippen molar-refractivity contribution in [2.75, 3.05) is 6.61 Å². The summed E-state index contributed by atoms with van der Waals surface area (Å²) in [4.78, 5) is 10.2. The Morgan fingerprint density at radius 1 is 1.31 bits per heavy atom. The van der Waals surface area contributed by atoms with Crippen molar-refractivity contribution < 1.29 is 15.0 Å². The Kier molecular flexibility index (Phi) is 5.89. The van der Waals surface area contributed by atoms with Crippen molar-refractivity contribution in [3.8, 4) is 0 Å². The number of carboxylic acid groups (broad SMARTS) is 1. The summed E-state index contributed by atoms with van der Waals surface area (Å²) in [5.41, 5.74) is 1.76. The van der Waals surface area contributed by atoms with E-state index in [2.05, 4.69) is 0 Å². The molecule has 0 rings (SSSR count). The topological polar surface area (TPSA) is 57.5 Å². The second kappa shape index (κ2) is 6.43. The minimum Gasteiger partial charge on any atom is -0.478 e. The molecule has 0 amide bonds. The van der Waals surface area contributed by atoms with Gasteiger partial charge in [-0.3, -0.25) is 0 Å². The first-order valence-corrected chi connectivity index (χ1v) is 4.23. The highest BCUT2D eigenvalue weighted by Crippen LogP contribution is 2.06. The second-order valence-electron chi connectivity index (χ2n) is 3.08. The molecule has 13 heavy (non-hydrogen) atoms. The first-order valence-electron chi connectivity index (χ1n) is 4.23. The highest BCUT2D eigenvalue weighted by Gasteiger charge is 1.93. The third kappa shape index (κ3) is 7.28. The van der Waals surface area contributed by atoms with Crippen molar-refractivity contribution in [1.29, 1.82) is 0 Å². The van der Waals surface area contributed by atoms with Crippen molar-refractivity contribution in [2.45, 2.75) is 26.7 Å². The van der Waals surface area contributed by atoms with E-state index in [4.69, 9.17) is 10.2 Å². The van der Waals surface area contributed by atoms with E-state index in [1.807, 2.05) is 13.0 Å². The second-order valence-corrected chi connectivity index (χ2v) is 3.08. The lowest BCUT2D eigenvalue weighted by atomic mass is 10.1. The van der Waals surface area contributed by atoms with Gasteiger partial charge in [0.25, 0.3) is 0 Å². The van der Waals surface area contributed by atoms with Gasteiger partial charge in [0.1, 0.15) is 0 Å². The normalized spacial score (nSPS) is 13.2. The van der Waals surface area contributed by atoms with E-state index in [0.29, 0.717) is 0 Å². The highest BCUT2D eigenvalue weighted by molar-refractivity contribution is 5.80. The fourth-order valence-corrected chi connectivity index (χ4v) is 0.894. The molecule has 0 spiro atoms. The summed E-state index contributed by atoms with van der Waals surface area (Å²) in [6, 6.07) is 0. The Hall–Kier alpha value is -1.09. The molecule has 0 aromatic carbocycles. The molecule has 0 saturated carbocycles. The van der Waals surface area contributed by atoms with Crippen molar-refractivity contribution in [2.24, 2.45) is 0 Å². The van der Waals surface area contributed by atoms with Crippen molar-refractivity contribution >= 4 is 5.97 Å². The molecular formula is C10H16O3. The number of aliphatic carboxylic acids is 1. The maximum atomic E-state index is 10.2. The molecule has 0 aliphatic heterocycles. The summed E-state index contributed by atoms with van der Waals surface area (Å²) < 4.78 is 0. The molecule has 0 atom stereocenters. The molecule has 0 aliphatic carbocycles. The molecule has 0 aromatic heterocycles. The van der Waals surface area contributed by atoms with Crippen LogP contribution in [0.25, 0.3) is 0 Å². The molecule has 0 radical (unpaired) electrons. The van der Waals surface area contributed by atoms with Crippen LogP contribution in [-0.4, -0.2) is 22.8 Å². The van der Waals surface area contributed by atoms with E-state index >= 15 is 0 Å². The number of allylic oxidation sites excluding steroid dienone is 2. The van der Waals surface area contributed by atoms with Gasteiger partial charge in [0, 0.05) is 6.08 Å². The molecule has 0 aliphatic rings. The molecule has 3 heteroatoms. The molecule has 0 bridgehead atoms. The largest absolute Gasteiger partial charge is 0.478 e. The van der Waals surface area contributed by atoms with Crippen molar-refractivity contribution in [3.63, 3.8) is 0 Å². The predicted octanol–water partition coefficient (Wildman–Crippen LogP) is 1.74. The molecule has 74 valence electrons. The van der Waals surface area contributed by atoms with Gasteiger partial charge in [-0.05, 0) is 26.7 Å². The molecule has 0 saturated heterocycles. The smallest absolute Gasteiger partial charge is 0.328 e. The zero-order valence-corrected chi connectivity index (χ0v) is 8.08. The van der Waals surface area contributed by atoms with E-state index in [-0.39, 0.29) is 6.61 Å². The molecule has 0 fully saturated rings. The van der Waals surface area contributed by atoms with Crippen molar-refractivity contribution in [3.05, 3.63) is 23.3 Å². The third-order valence-corrected chi connectivity index (χ3v) is 1.65. The monoisotopic (exact) mass is 184 g/mol. The summed E-state index contributed by atoms with van der Waals surface area (Å²) in [6.07, 6.45) is 4.63. The van der Waals surface area contributed by atoms with Crippen LogP contribution < -0.4 is 0 Å². The van der Waals surface area contributed by atoms with Gasteiger partial charge in [-0.15, -0.1) is 0 Å². The first-order chi connectivity index (χ1) is 6.06. The summed E-state index contributed by atoms with van der Waals surface area (Å²) >= 11 is 0. The van der Waals surface area contributed by atoms with Gasteiger partial charge in [0.05, 0.1) is 6.61 Å². The number of hydrogen-bond acceptors (Lipinski definition) is 2. The Labute approximate surface area is 78.4 Å². The quantitative estimate of drug-likeness (QED) is 0.505. The predicted molar refractivity (Wildman–Crippen MR) is 51.5 cm³/mol. The molecule has 2 N–H and O–H groups in total. The van der Waals surface area contributed by atoms with E-state index < -0.39 is 5.97 Å². The van der Waals surface area contributed by atoms with E-state index in [1.165, 1.54) is 6.08 Å². The molecule has 0 heterocycles. The Balaban J connectivity index is 3.83. The van der Waals surface area contributed by atoms with Crippen LogP contribution in [-0.2, 0) is 4.79 Å². The van der Waals surface area contributed by atoms with Gasteiger partial charge < -0.3 is 10.2 Å². The van der Waals surface area contributed by atoms with Crippen LogP contribution in [0.15, 0.2) is 23.3 Å². The van der Waals surface area contributed by atoms with Gasteiger partial charge >= 0.3 is 5.97 Å². The van der Waals surface area contributed by atoms with Crippen LogP contribution >= 0.6 is 0 Å². The average Bonchev–Trinajstić information content (AvgIpc) is 2.02. The van der Waals surface area contributed by atoms with E-state index in [1.54, 1.807) is 6.92 Å². The minimum absolute atomic E-state index is 0.0711. The van der Waals surface area contributed by atoms with Gasteiger partial charge in [0.15, 0.2) is 0 Å². The first kappa shape index (κ1) is 11.9. The minimum atomic E-state index is -0.902. The molecule has 0 unspecified atom stereocenters. The number of aliphatic hydroxyl groups is 1. The van der Waals surface area contributed by atoms with Gasteiger partial charge in [0.2, 0.25) is 0 Å². The van der Waals surface area contributed by atoms with Crippen LogP contribution in [0.2, 0.25) is 0 Å². The Morgan fingerprint density at radius 3 is 2.38 bits per heavy atom. The maximum absolute atomic E-state index is 10.2. The van der Waals surface area contributed by atoms with Crippen LogP contribution in [0, 0.1) is 0 Å². The summed E-state index contributed by atoms with van der Waals surface area (Å²) in [5, 5.41) is 17.1. The van der Waals surface area contributed by atoms with Crippen LogP contribution in [0.1, 0.15) is 26.7 Å². The van der Waals surface area contributed by atoms with E-state index in [0.717, 1.165) is 24.0 Å². The Morgan fingerprint density at radius 2 is 1.92 bits per heavy atom. The molecule has 0 aromatic rings. The van der Waals surface area contributed by atoms with E-state index in [9.17, 15) is 4.79 Å². The fourth-order valence-electron chi connectivity index (χ4n) is 0.894. The molecule has 3 nitrogen and oxygen atoms in total. The Bertz CT molecular complexity index is 226. The summed E-state index contributed by atoms with van der Waals surface area (Å²) in [7, 11) is 0. The zero-order chi connectivity index (χ0) is 10.3. The zero-order valence-electron chi connectivity index (χ0n) is 8.08. The van der Waals surface area contributed by atoms with Crippen molar-refractivity contribution in [1.82, 2.24) is 0 Å². The number of carboxylic acids is 1. The van der Waals surface area contributed by atoms with Gasteiger partial charge in [-0.25, -0.2) is 4.79 Å². The summed E-state index contributed by atoms with van der Waals surface area (Å²) in [5.74, 6) is -0.902. The lowest BCUT2D eigenvalue weighted by Crippen LogP contribution is -1.90. The number of aliphatic hydroxyl groups excluding tert-OH is 1. The maximum Gasteiger partial charge on any atom is 0.328 e. The fraction of sp³-hybridized carbons (Fsp3) is 0.500. The van der Waals surface area contributed by atoms with Crippen LogP contribution in [0.5, 0.6) is 0 Å². The number of rotatable bonds is 5. The number of carbonyl (C=O) groups is 1. The highest BCUT2D eigenvalue weighted by atomic mass is 16.4. The van der Waals surface area contributed by atoms with Crippen LogP contribution in [0.3, 0.4) is 0 Å². The van der Waals surface area contributed by atoms with Crippen LogP contribution in [0.4, 0.5) is 0 Å². The molecular weight excluding hydrogens is 168 g/mol.